The normalized spacial score (nSPS) is 16.8. The predicted molar refractivity (Wildman–Crippen MR) is 85.9 cm³/mol. The Labute approximate surface area is 131 Å². The smallest absolute Gasteiger partial charge is 0.240 e. The van der Waals surface area contributed by atoms with Crippen LogP contribution in [-0.4, -0.2) is 30.4 Å². The van der Waals surface area contributed by atoms with E-state index in [0.717, 1.165) is 24.2 Å². The van der Waals surface area contributed by atoms with Crippen molar-refractivity contribution < 1.29 is 14.6 Å². The number of rotatable bonds is 7. The van der Waals surface area contributed by atoms with Crippen molar-refractivity contribution in [2.24, 2.45) is 11.0 Å². The lowest BCUT2D eigenvalue weighted by Crippen LogP contribution is -2.23. The number of ether oxygens (including phenoxy) is 1. The molecule has 0 unspecified atom stereocenters. The number of hydrogen-bond acceptors (Lipinski definition) is 4. The molecule has 120 valence electrons. The molecular formula is C17H24N2O3. The highest BCUT2D eigenvalue weighted by atomic mass is 16.5. The van der Waals surface area contributed by atoms with Crippen molar-refractivity contribution in [3.63, 3.8) is 0 Å². The number of amides is 1. The maximum atomic E-state index is 11.7. The molecule has 1 aliphatic rings. The molecule has 1 aromatic rings. The van der Waals surface area contributed by atoms with Gasteiger partial charge in [-0.25, -0.2) is 5.43 Å². The number of hydrogen-bond donors (Lipinski definition) is 2. The molecule has 5 heteroatoms. The number of carbonyl (C=O) groups is 1. The van der Waals surface area contributed by atoms with E-state index in [4.69, 9.17) is 4.74 Å². The molecule has 0 aliphatic heterocycles. The van der Waals surface area contributed by atoms with E-state index in [1.54, 1.807) is 13.3 Å². The first kappa shape index (κ1) is 16.5. The van der Waals surface area contributed by atoms with E-state index in [2.05, 4.69) is 10.5 Å². The molecule has 0 saturated heterocycles. The van der Waals surface area contributed by atoms with E-state index in [1.807, 2.05) is 24.3 Å². The van der Waals surface area contributed by atoms with E-state index in [0.29, 0.717) is 18.8 Å². The minimum Gasteiger partial charge on any atom is -0.497 e. The zero-order chi connectivity index (χ0) is 15.8. The maximum Gasteiger partial charge on any atom is 0.240 e. The summed E-state index contributed by atoms with van der Waals surface area (Å²) in [4.78, 5) is 11.7. The maximum absolute atomic E-state index is 11.7. The van der Waals surface area contributed by atoms with Gasteiger partial charge in [-0.15, -0.1) is 0 Å². The van der Waals surface area contributed by atoms with Crippen LogP contribution in [0.2, 0.25) is 0 Å². The van der Waals surface area contributed by atoms with Crippen LogP contribution in [0, 0.1) is 5.92 Å². The highest BCUT2D eigenvalue weighted by Gasteiger charge is 2.23. The molecule has 2 N–H and O–H groups in total. The van der Waals surface area contributed by atoms with Gasteiger partial charge in [0.15, 0.2) is 0 Å². The average Bonchev–Trinajstić information content (AvgIpc) is 3.08. The highest BCUT2D eigenvalue weighted by Crippen LogP contribution is 2.29. The average molecular weight is 304 g/mol. The van der Waals surface area contributed by atoms with Gasteiger partial charge < -0.3 is 9.84 Å². The minimum absolute atomic E-state index is 0.165. The molecule has 1 amide bonds. The number of nitrogens with one attached hydrogen (secondary N) is 1. The molecule has 0 radical (unpaired) electrons. The largest absolute Gasteiger partial charge is 0.497 e. The predicted octanol–water partition coefficient (Wildman–Crippen LogP) is 2.48. The Bertz CT molecular complexity index is 493. The Kier molecular flexibility index (Phi) is 6.40. The summed E-state index contributed by atoms with van der Waals surface area (Å²) in [5, 5.41) is 13.9. The summed E-state index contributed by atoms with van der Waals surface area (Å²) < 4.78 is 5.07. The van der Waals surface area contributed by atoms with Crippen LogP contribution in [0.5, 0.6) is 5.75 Å². The fraction of sp³-hybridized carbons (Fsp3) is 0.529. The fourth-order valence-corrected chi connectivity index (χ4v) is 2.78. The van der Waals surface area contributed by atoms with Gasteiger partial charge >= 0.3 is 0 Å². The number of methoxy groups -OCH3 is 1. The monoisotopic (exact) mass is 304 g/mol. The lowest BCUT2D eigenvalue weighted by Gasteiger charge is -2.16. The molecular weight excluding hydrogens is 280 g/mol. The van der Waals surface area contributed by atoms with Crippen LogP contribution < -0.4 is 10.2 Å². The van der Waals surface area contributed by atoms with Gasteiger partial charge in [-0.3, -0.25) is 4.79 Å². The third kappa shape index (κ3) is 5.15. The van der Waals surface area contributed by atoms with E-state index in [1.165, 1.54) is 12.8 Å². The van der Waals surface area contributed by atoms with E-state index in [9.17, 15) is 9.90 Å². The van der Waals surface area contributed by atoms with Crippen molar-refractivity contribution in [3.05, 3.63) is 29.8 Å². The summed E-state index contributed by atoms with van der Waals surface area (Å²) in [6.45, 7) is 0. The molecule has 5 nitrogen and oxygen atoms in total. The second kappa shape index (κ2) is 8.54. The van der Waals surface area contributed by atoms with Crippen molar-refractivity contribution in [2.75, 3.05) is 7.11 Å². The van der Waals surface area contributed by atoms with E-state index < -0.39 is 0 Å². The first-order valence-electron chi connectivity index (χ1n) is 7.83. The lowest BCUT2D eigenvalue weighted by molar-refractivity contribution is -0.121. The highest BCUT2D eigenvalue weighted by molar-refractivity contribution is 5.82. The SMILES string of the molecule is COc1ccc(/C=N\NC(=O)CC[C@@H](O)C2CCCC2)cc1. The number of hydrazone groups is 1. The summed E-state index contributed by atoms with van der Waals surface area (Å²) in [5.41, 5.74) is 3.38. The molecule has 1 atom stereocenters. The second-order valence-corrected chi connectivity index (χ2v) is 5.72. The molecule has 0 aromatic heterocycles. The van der Waals surface area contributed by atoms with Crippen LogP contribution in [0.15, 0.2) is 29.4 Å². The van der Waals surface area contributed by atoms with Crippen molar-refractivity contribution in [3.8, 4) is 5.75 Å². The standard InChI is InChI=1S/C17H24N2O3/c1-22-15-8-6-13(7-9-15)12-18-19-17(21)11-10-16(20)14-4-2-3-5-14/h6-9,12,14,16,20H,2-5,10-11H2,1H3,(H,19,21)/b18-12-/t16-/m1/s1. The zero-order valence-corrected chi connectivity index (χ0v) is 13.0. The number of aliphatic hydroxyl groups is 1. The molecule has 0 bridgehead atoms. The van der Waals surface area contributed by atoms with Crippen molar-refractivity contribution in [2.45, 2.75) is 44.6 Å². The Morgan fingerprint density at radius 1 is 1.41 bits per heavy atom. The molecule has 1 aliphatic carbocycles. The Hall–Kier alpha value is -1.88. The summed E-state index contributed by atoms with van der Waals surface area (Å²) in [7, 11) is 1.61. The minimum atomic E-state index is -0.362. The van der Waals surface area contributed by atoms with E-state index >= 15 is 0 Å². The summed E-state index contributed by atoms with van der Waals surface area (Å²) in [6.07, 6.45) is 6.59. The second-order valence-electron chi connectivity index (χ2n) is 5.72. The summed E-state index contributed by atoms with van der Waals surface area (Å²) >= 11 is 0. The molecule has 2 rings (SSSR count). The third-order valence-corrected chi connectivity index (χ3v) is 4.13. The summed E-state index contributed by atoms with van der Waals surface area (Å²) in [6, 6.07) is 7.39. The quantitative estimate of drug-likeness (QED) is 0.600. The Balaban J connectivity index is 1.68. The zero-order valence-electron chi connectivity index (χ0n) is 13.0. The van der Waals surface area contributed by atoms with Crippen LogP contribution in [0.4, 0.5) is 0 Å². The van der Waals surface area contributed by atoms with Crippen LogP contribution >= 0.6 is 0 Å². The Morgan fingerprint density at radius 3 is 2.73 bits per heavy atom. The number of benzene rings is 1. The molecule has 0 spiro atoms. The Morgan fingerprint density at radius 2 is 2.09 bits per heavy atom. The molecule has 1 aromatic carbocycles. The van der Waals surface area contributed by atoms with Crippen molar-refractivity contribution in [1.29, 1.82) is 0 Å². The number of nitrogens with zero attached hydrogens (tertiary/aromatic N) is 1. The van der Waals surface area contributed by atoms with Crippen LogP contribution in [0.25, 0.3) is 0 Å². The molecule has 1 fully saturated rings. The van der Waals surface area contributed by atoms with Gasteiger partial charge in [0.2, 0.25) is 5.91 Å². The van der Waals surface area contributed by atoms with Gasteiger partial charge in [0.1, 0.15) is 5.75 Å². The van der Waals surface area contributed by atoms with Gasteiger partial charge in [-0.2, -0.15) is 5.10 Å². The van der Waals surface area contributed by atoms with Crippen molar-refractivity contribution in [1.82, 2.24) is 5.43 Å². The topological polar surface area (TPSA) is 70.9 Å². The third-order valence-electron chi connectivity index (χ3n) is 4.13. The first-order chi connectivity index (χ1) is 10.7. The number of carbonyl (C=O) groups excluding carboxylic acids is 1. The lowest BCUT2D eigenvalue weighted by atomic mass is 9.97. The van der Waals surface area contributed by atoms with Crippen molar-refractivity contribution >= 4 is 12.1 Å². The van der Waals surface area contributed by atoms with Gasteiger partial charge in [-0.05, 0) is 55.0 Å². The molecule has 1 saturated carbocycles. The van der Waals surface area contributed by atoms with Gasteiger partial charge in [0.25, 0.3) is 0 Å². The van der Waals surface area contributed by atoms with Gasteiger partial charge in [-0.1, -0.05) is 12.8 Å². The van der Waals surface area contributed by atoms with Gasteiger partial charge in [0.05, 0.1) is 19.4 Å². The molecule has 0 heterocycles. The summed E-state index contributed by atoms with van der Waals surface area (Å²) in [5.74, 6) is 0.986. The number of aliphatic hydroxyl groups excluding tert-OH is 1. The fourth-order valence-electron chi connectivity index (χ4n) is 2.78. The van der Waals surface area contributed by atoms with Crippen LogP contribution in [0.3, 0.4) is 0 Å². The molecule has 22 heavy (non-hydrogen) atoms. The first-order valence-corrected chi connectivity index (χ1v) is 7.83. The van der Waals surface area contributed by atoms with E-state index in [-0.39, 0.29) is 12.0 Å². The van der Waals surface area contributed by atoms with Crippen LogP contribution in [0.1, 0.15) is 44.1 Å². The van der Waals surface area contributed by atoms with Crippen LogP contribution in [-0.2, 0) is 4.79 Å². The van der Waals surface area contributed by atoms with Gasteiger partial charge in [0, 0.05) is 6.42 Å².